The second-order valence-corrected chi connectivity index (χ2v) is 3.68. The average Bonchev–Trinajstić information content (AvgIpc) is 2.78. The fraction of sp³-hybridized carbons (Fsp3) is 0.333. The van der Waals surface area contributed by atoms with Gasteiger partial charge in [-0.05, 0) is 13.1 Å². The molecule has 1 heterocycles. The molecule has 0 radical (unpaired) electrons. The van der Waals surface area contributed by atoms with E-state index in [9.17, 15) is 0 Å². The van der Waals surface area contributed by atoms with Gasteiger partial charge in [0.05, 0.1) is 20.2 Å². The molecule has 5 heteroatoms. The van der Waals surface area contributed by atoms with Crippen LogP contribution in [0.1, 0.15) is 11.4 Å². The van der Waals surface area contributed by atoms with Crippen molar-refractivity contribution in [2.75, 3.05) is 14.2 Å². The molecule has 1 aromatic heterocycles. The predicted molar refractivity (Wildman–Crippen MR) is 64.9 cm³/mol. The first-order valence-electron chi connectivity index (χ1n) is 5.48. The number of nitrogens with one attached hydrogen (secondary N) is 1. The number of hydrogen-bond acceptors (Lipinski definition) is 4. The summed E-state index contributed by atoms with van der Waals surface area (Å²) in [4.78, 5) is 4.21. The third-order valence-electron chi connectivity index (χ3n) is 2.54. The molecule has 0 fully saturated rings. The summed E-state index contributed by atoms with van der Waals surface area (Å²) in [5, 5.41) is 7.29. The maximum atomic E-state index is 5.32. The van der Waals surface area contributed by atoms with E-state index in [1.54, 1.807) is 13.4 Å². The minimum Gasteiger partial charge on any atom is -0.496 e. The molecular weight excluding hydrogens is 216 g/mol. The summed E-state index contributed by atoms with van der Waals surface area (Å²) in [6, 6.07) is 7.93. The van der Waals surface area contributed by atoms with Crippen LogP contribution < -0.4 is 10.1 Å². The molecule has 0 aliphatic heterocycles. The Kier molecular flexibility index (Phi) is 3.72. The van der Waals surface area contributed by atoms with Crippen molar-refractivity contribution >= 4 is 0 Å². The predicted octanol–water partition coefficient (Wildman–Crippen LogP) is 1.05. The molecule has 90 valence electrons. The molecule has 1 aromatic carbocycles. The van der Waals surface area contributed by atoms with Gasteiger partial charge in [-0.1, -0.05) is 18.2 Å². The highest BCUT2D eigenvalue weighted by atomic mass is 16.5. The summed E-state index contributed by atoms with van der Waals surface area (Å²) >= 11 is 0. The van der Waals surface area contributed by atoms with Crippen LogP contribution in [0.4, 0.5) is 0 Å². The summed E-state index contributed by atoms with van der Waals surface area (Å²) in [5.41, 5.74) is 1.10. The summed E-state index contributed by atoms with van der Waals surface area (Å²) in [6.07, 6.45) is 1.57. The van der Waals surface area contributed by atoms with Crippen LogP contribution in [-0.2, 0) is 13.1 Å². The van der Waals surface area contributed by atoms with E-state index in [0.717, 1.165) is 17.1 Å². The fourth-order valence-corrected chi connectivity index (χ4v) is 1.71. The van der Waals surface area contributed by atoms with E-state index in [2.05, 4.69) is 15.4 Å². The first kappa shape index (κ1) is 11.6. The van der Waals surface area contributed by atoms with Gasteiger partial charge < -0.3 is 10.1 Å². The van der Waals surface area contributed by atoms with Gasteiger partial charge in [0.15, 0.2) is 0 Å². The first-order chi connectivity index (χ1) is 8.35. The van der Waals surface area contributed by atoms with Crippen LogP contribution >= 0.6 is 0 Å². The van der Waals surface area contributed by atoms with Crippen molar-refractivity contribution in [2.24, 2.45) is 0 Å². The molecule has 0 bridgehead atoms. The first-order valence-corrected chi connectivity index (χ1v) is 5.48. The number of benzene rings is 1. The minimum atomic E-state index is 0.668. The van der Waals surface area contributed by atoms with E-state index in [4.69, 9.17) is 4.74 Å². The molecule has 0 aliphatic rings. The van der Waals surface area contributed by atoms with Gasteiger partial charge in [-0.3, -0.25) is 0 Å². The second-order valence-electron chi connectivity index (χ2n) is 3.68. The Morgan fingerprint density at radius 3 is 2.94 bits per heavy atom. The van der Waals surface area contributed by atoms with Gasteiger partial charge in [0.25, 0.3) is 0 Å². The number of para-hydroxylation sites is 1. The van der Waals surface area contributed by atoms with Crippen molar-refractivity contribution in [3.63, 3.8) is 0 Å². The summed E-state index contributed by atoms with van der Waals surface area (Å²) in [6.45, 7) is 1.37. The van der Waals surface area contributed by atoms with Crippen LogP contribution in [-0.4, -0.2) is 28.9 Å². The Labute approximate surface area is 100 Å². The fourth-order valence-electron chi connectivity index (χ4n) is 1.71. The number of methoxy groups -OCH3 is 1. The molecule has 0 saturated heterocycles. The zero-order chi connectivity index (χ0) is 12.1. The standard InChI is InChI=1S/C12H16N4O/c1-13-7-12-14-9-15-16(12)8-10-5-3-4-6-11(10)17-2/h3-6,9,13H,7-8H2,1-2H3. The average molecular weight is 232 g/mol. The molecule has 0 saturated carbocycles. The zero-order valence-corrected chi connectivity index (χ0v) is 10.1. The molecular formula is C12H16N4O. The maximum Gasteiger partial charge on any atom is 0.141 e. The van der Waals surface area contributed by atoms with Crippen molar-refractivity contribution in [1.29, 1.82) is 0 Å². The van der Waals surface area contributed by atoms with Crippen LogP contribution in [0.25, 0.3) is 0 Å². The highest BCUT2D eigenvalue weighted by Gasteiger charge is 2.07. The highest BCUT2D eigenvalue weighted by molar-refractivity contribution is 5.33. The molecule has 17 heavy (non-hydrogen) atoms. The van der Waals surface area contributed by atoms with Crippen LogP contribution in [0.2, 0.25) is 0 Å². The molecule has 1 N–H and O–H groups in total. The largest absolute Gasteiger partial charge is 0.496 e. The molecule has 0 spiro atoms. The quantitative estimate of drug-likeness (QED) is 0.837. The van der Waals surface area contributed by atoms with Crippen molar-refractivity contribution in [3.05, 3.63) is 42.0 Å². The van der Waals surface area contributed by atoms with Gasteiger partial charge in [-0.2, -0.15) is 5.10 Å². The normalized spacial score (nSPS) is 10.5. The van der Waals surface area contributed by atoms with E-state index in [-0.39, 0.29) is 0 Å². The smallest absolute Gasteiger partial charge is 0.141 e. The monoisotopic (exact) mass is 232 g/mol. The number of ether oxygens (including phenoxy) is 1. The zero-order valence-electron chi connectivity index (χ0n) is 10.1. The highest BCUT2D eigenvalue weighted by Crippen LogP contribution is 2.18. The Morgan fingerprint density at radius 2 is 2.18 bits per heavy atom. The minimum absolute atomic E-state index is 0.668. The van der Waals surface area contributed by atoms with Gasteiger partial charge in [0.2, 0.25) is 0 Å². The lowest BCUT2D eigenvalue weighted by molar-refractivity contribution is 0.406. The Hall–Kier alpha value is -1.88. The van der Waals surface area contributed by atoms with Crippen LogP contribution in [0.3, 0.4) is 0 Å². The molecule has 0 unspecified atom stereocenters. The topological polar surface area (TPSA) is 52.0 Å². The van der Waals surface area contributed by atoms with Crippen molar-refractivity contribution in [2.45, 2.75) is 13.1 Å². The van der Waals surface area contributed by atoms with Gasteiger partial charge in [-0.15, -0.1) is 0 Å². The SMILES string of the molecule is CNCc1ncnn1Cc1ccccc1OC. The molecule has 2 aromatic rings. The molecule has 0 aliphatic carbocycles. The third-order valence-corrected chi connectivity index (χ3v) is 2.54. The van der Waals surface area contributed by atoms with Gasteiger partial charge in [-0.25, -0.2) is 9.67 Å². The molecule has 0 amide bonds. The van der Waals surface area contributed by atoms with E-state index in [1.807, 2.05) is 36.0 Å². The van der Waals surface area contributed by atoms with Gasteiger partial charge in [0.1, 0.15) is 17.9 Å². The lowest BCUT2D eigenvalue weighted by Crippen LogP contribution is -2.14. The van der Waals surface area contributed by atoms with Crippen molar-refractivity contribution < 1.29 is 4.74 Å². The summed E-state index contributed by atoms with van der Waals surface area (Å²) in [5.74, 6) is 1.79. The Balaban J connectivity index is 2.22. The van der Waals surface area contributed by atoms with Crippen LogP contribution in [0, 0.1) is 0 Å². The van der Waals surface area contributed by atoms with Gasteiger partial charge in [0, 0.05) is 5.56 Å². The molecule has 2 rings (SSSR count). The van der Waals surface area contributed by atoms with Crippen molar-refractivity contribution in [1.82, 2.24) is 20.1 Å². The van der Waals surface area contributed by atoms with E-state index >= 15 is 0 Å². The van der Waals surface area contributed by atoms with Crippen molar-refractivity contribution in [3.8, 4) is 5.75 Å². The van der Waals surface area contributed by atoms with Gasteiger partial charge >= 0.3 is 0 Å². The van der Waals surface area contributed by atoms with E-state index in [1.165, 1.54) is 0 Å². The summed E-state index contributed by atoms with van der Waals surface area (Å²) < 4.78 is 7.19. The Bertz CT molecular complexity index is 481. The Morgan fingerprint density at radius 1 is 1.35 bits per heavy atom. The third kappa shape index (κ3) is 2.62. The number of aromatic nitrogens is 3. The number of hydrogen-bond donors (Lipinski definition) is 1. The number of rotatable bonds is 5. The lowest BCUT2D eigenvalue weighted by atomic mass is 10.2. The maximum absolute atomic E-state index is 5.32. The molecule has 5 nitrogen and oxygen atoms in total. The van der Waals surface area contributed by atoms with Crippen LogP contribution in [0.5, 0.6) is 5.75 Å². The van der Waals surface area contributed by atoms with Crippen LogP contribution in [0.15, 0.2) is 30.6 Å². The lowest BCUT2D eigenvalue weighted by Gasteiger charge is -2.09. The van der Waals surface area contributed by atoms with E-state index < -0.39 is 0 Å². The molecule has 0 atom stereocenters. The number of nitrogens with zero attached hydrogens (tertiary/aromatic N) is 3. The second kappa shape index (κ2) is 5.45. The van der Waals surface area contributed by atoms with E-state index in [0.29, 0.717) is 13.1 Å². The summed E-state index contributed by atoms with van der Waals surface area (Å²) in [7, 11) is 3.57.